The molecular formula is C31H35F3N4O4S. The lowest BCUT2D eigenvalue weighted by atomic mass is 9.68. The quantitative estimate of drug-likeness (QED) is 0.356. The van der Waals surface area contributed by atoms with Gasteiger partial charge in [-0.1, -0.05) is 24.3 Å². The number of amides is 1. The van der Waals surface area contributed by atoms with Crippen molar-refractivity contribution in [3.63, 3.8) is 0 Å². The molecule has 0 radical (unpaired) electrons. The predicted molar refractivity (Wildman–Crippen MR) is 156 cm³/mol. The predicted octanol–water partition coefficient (Wildman–Crippen LogP) is 3.71. The van der Waals surface area contributed by atoms with Crippen LogP contribution < -0.4 is 16.4 Å². The van der Waals surface area contributed by atoms with Gasteiger partial charge in [0.05, 0.1) is 10.9 Å². The highest BCUT2D eigenvalue weighted by molar-refractivity contribution is 7.89. The Balaban J connectivity index is 1.44. The minimum absolute atomic E-state index is 0.0327. The van der Waals surface area contributed by atoms with E-state index in [4.69, 9.17) is 10.5 Å². The Hall–Kier alpha value is -3.29. The standard InChI is InChI=1S/C31H35F3N4O4S/c1-20-18-36-19-24(38(20)43(40,41)25-6-3-2-4-7-25)17-26-27(34)8-5-9-28(26)37-30(39)29(35)31(10-12-42-13-11-31)21-14-22(32)16-23(33)15-21/h2-9,14-16,20,24,29,36H,10-13,17-19,35H2,1H3,(H,37,39)/t20-,24?,29-/m1/s1. The Morgan fingerprint density at radius 2 is 1.72 bits per heavy atom. The first-order chi connectivity index (χ1) is 20.5. The normalized spacial score (nSPS) is 21.7. The Morgan fingerprint density at radius 3 is 2.40 bits per heavy atom. The number of ether oxygens (including phenoxy) is 1. The maximum absolute atomic E-state index is 15.4. The molecule has 1 unspecified atom stereocenters. The highest BCUT2D eigenvalue weighted by Crippen LogP contribution is 2.39. The maximum atomic E-state index is 15.4. The van der Waals surface area contributed by atoms with Gasteiger partial charge in [-0.05, 0) is 68.1 Å². The molecule has 3 atom stereocenters. The number of hydrogen-bond donors (Lipinski definition) is 3. The second-order valence-electron chi connectivity index (χ2n) is 11.2. The Morgan fingerprint density at radius 1 is 1.05 bits per heavy atom. The van der Waals surface area contributed by atoms with Crippen LogP contribution >= 0.6 is 0 Å². The highest BCUT2D eigenvalue weighted by Gasteiger charge is 2.44. The molecule has 4 N–H and O–H groups in total. The van der Waals surface area contributed by atoms with E-state index in [1.54, 1.807) is 25.1 Å². The SMILES string of the molecule is C[C@@H]1CNCC(Cc2c(F)cccc2NC(=O)[C@@H](N)C2(c3cc(F)cc(F)c3)CCOCC2)N1S(=O)(=O)c1ccccc1. The van der Waals surface area contributed by atoms with Crippen molar-refractivity contribution in [2.24, 2.45) is 5.73 Å². The molecule has 8 nitrogen and oxygen atoms in total. The molecule has 0 aromatic heterocycles. The molecule has 1 amide bonds. The molecule has 2 aliphatic heterocycles. The van der Waals surface area contributed by atoms with Gasteiger partial charge in [-0.3, -0.25) is 4.79 Å². The van der Waals surface area contributed by atoms with Gasteiger partial charge >= 0.3 is 0 Å². The number of anilines is 1. The van der Waals surface area contributed by atoms with E-state index in [0.29, 0.717) is 6.54 Å². The van der Waals surface area contributed by atoms with E-state index in [9.17, 15) is 22.0 Å². The van der Waals surface area contributed by atoms with E-state index >= 15 is 4.39 Å². The van der Waals surface area contributed by atoms with E-state index in [-0.39, 0.29) is 60.7 Å². The van der Waals surface area contributed by atoms with Gasteiger partial charge in [-0.25, -0.2) is 21.6 Å². The van der Waals surface area contributed by atoms with Gasteiger partial charge in [-0.15, -0.1) is 0 Å². The zero-order valence-corrected chi connectivity index (χ0v) is 24.5. The van der Waals surface area contributed by atoms with Crippen LogP contribution in [0.25, 0.3) is 0 Å². The number of rotatable bonds is 8. The number of nitrogens with zero attached hydrogens (tertiary/aromatic N) is 1. The lowest BCUT2D eigenvalue weighted by Gasteiger charge is -2.41. The molecule has 0 aliphatic carbocycles. The first-order valence-electron chi connectivity index (χ1n) is 14.2. The summed E-state index contributed by atoms with van der Waals surface area (Å²) >= 11 is 0. The van der Waals surface area contributed by atoms with Crippen LogP contribution in [0.2, 0.25) is 0 Å². The summed E-state index contributed by atoms with van der Waals surface area (Å²) in [5.74, 6) is -2.85. The van der Waals surface area contributed by atoms with Crippen LogP contribution in [0.15, 0.2) is 71.6 Å². The largest absolute Gasteiger partial charge is 0.381 e. The number of carbonyl (C=O) groups is 1. The van der Waals surface area contributed by atoms with E-state index in [1.807, 2.05) is 0 Å². The summed E-state index contributed by atoms with van der Waals surface area (Å²) in [6.07, 6.45) is 0.464. The van der Waals surface area contributed by atoms with Crippen molar-refractivity contribution in [2.45, 2.75) is 54.6 Å². The molecule has 2 heterocycles. The molecule has 2 fully saturated rings. The summed E-state index contributed by atoms with van der Waals surface area (Å²) in [4.78, 5) is 13.8. The highest BCUT2D eigenvalue weighted by atomic mass is 32.2. The molecule has 3 aromatic carbocycles. The topological polar surface area (TPSA) is 114 Å². The van der Waals surface area contributed by atoms with Crippen molar-refractivity contribution in [3.05, 3.63) is 95.3 Å². The molecule has 12 heteroatoms. The summed E-state index contributed by atoms with van der Waals surface area (Å²) in [5, 5.41) is 5.96. The average Bonchev–Trinajstić information content (AvgIpc) is 2.98. The zero-order valence-electron chi connectivity index (χ0n) is 23.7. The number of sulfonamides is 1. The third-order valence-electron chi connectivity index (χ3n) is 8.45. The number of piperazine rings is 1. The second-order valence-corrected chi connectivity index (χ2v) is 13.0. The number of nitrogens with one attached hydrogen (secondary N) is 2. The molecule has 3 aromatic rings. The van der Waals surface area contributed by atoms with Crippen molar-refractivity contribution in [1.29, 1.82) is 0 Å². The zero-order chi connectivity index (χ0) is 30.8. The Bertz CT molecular complexity index is 1550. The number of nitrogens with two attached hydrogens (primary N) is 1. The molecular weight excluding hydrogens is 581 g/mol. The fourth-order valence-corrected chi connectivity index (χ4v) is 8.08. The average molecular weight is 617 g/mol. The number of hydrogen-bond acceptors (Lipinski definition) is 6. The van der Waals surface area contributed by atoms with Crippen molar-refractivity contribution < 1.29 is 31.1 Å². The van der Waals surface area contributed by atoms with Crippen LogP contribution in [0.4, 0.5) is 18.9 Å². The first-order valence-corrected chi connectivity index (χ1v) is 15.6. The van der Waals surface area contributed by atoms with E-state index in [1.165, 1.54) is 46.8 Å². The number of halogens is 3. The van der Waals surface area contributed by atoms with Crippen molar-refractivity contribution in [1.82, 2.24) is 9.62 Å². The fourth-order valence-electron chi connectivity index (χ4n) is 6.24. The number of carbonyl (C=O) groups excluding carboxylic acids is 1. The number of benzene rings is 3. The van der Waals surface area contributed by atoms with E-state index < -0.39 is 56.9 Å². The van der Waals surface area contributed by atoms with Gasteiger partial charge in [0.2, 0.25) is 15.9 Å². The van der Waals surface area contributed by atoms with Crippen LogP contribution in [0, 0.1) is 17.5 Å². The minimum atomic E-state index is -3.91. The van der Waals surface area contributed by atoms with Gasteiger partial charge < -0.3 is 21.1 Å². The third-order valence-corrected chi connectivity index (χ3v) is 10.5. The van der Waals surface area contributed by atoms with Crippen molar-refractivity contribution in [2.75, 3.05) is 31.6 Å². The smallest absolute Gasteiger partial charge is 0.243 e. The van der Waals surface area contributed by atoms with E-state index in [0.717, 1.165) is 6.07 Å². The van der Waals surface area contributed by atoms with E-state index in [2.05, 4.69) is 10.6 Å². The first kappa shape index (κ1) is 31.1. The van der Waals surface area contributed by atoms with Crippen LogP contribution in [-0.4, -0.2) is 63.1 Å². The monoisotopic (exact) mass is 616 g/mol. The Labute approximate surface area is 249 Å². The molecule has 230 valence electrons. The summed E-state index contributed by atoms with van der Waals surface area (Å²) < 4.78 is 78.1. The molecule has 2 aliphatic rings. The van der Waals surface area contributed by atoms with Crippen molar-refractivity contribution >= 4 is 21.6 Å². The molecule has 5 rings (SSSR count). The summed E-state index contributed by atoms with van der Waals surface area (Å²) in [5.41, 5.74) is 5.93. The van der Waals surface area contributed by atoms with Crippen LogP contribution in [0.3, 0.4) is 0 Å². The Kier molecular flexibility index (Phi) is 9.23. The van der Waals surface area contributed by atoms with Gasteiger partial charge in [0.15, 0.2) is 0 Å². The molecule has 0 bridgehead atoms. The summed E-state index contributed by atoms with van der Waals surface area (Å²) in [6, 6.07) is 13.0. The van der Waals surface area contributed by atoms with Crippen LogP contribution in [0.5, 0.6) is 0 Å². The molecule has 0 spiro atoms. The second kappa shape index (κ2) is 12.7. The van der Waals surface area contributed by atoms with Crippen LogP contribution in [0.1, 0.15) is 30.9 Å². The molecule has 0 saturated carbocycles. The van der Waals surface area contributed by atoms with Crippen molar-refractivity contribution in [3.8, 4) is 0 Å². The van der Waals surface area contributed by atoms with Gasteiger partial charge in [0, 0.05) is 61.1 Å². The lowest BCUT2D eigenvalue weighted by Crippen LogP contribution is -2.59. The van der Waals surface area contributed by atoms with Crippen LogP contribution in [-0.2, 0) is 31.4 Å². The summed E-state index contributed by atoms with van der Waals surface area (Å²) in [6.45, 7) is 2.95. The summed E-state index contributed by atoms with van der Waals surface area (Å²) in [7, 11) is -3.91. The lowest BCUT2D eigenvalue weighted by molar-refractivity contribution is -0.120. The van der Waals surface area contributed by atoms with Gasteiger partial charge in [0.1, 0.15) is 17.5 Å². The third kappa shape index (κ3) is 6.34. The van der Waals surface area contributed by atoms with Gasteiger partial charge in [-0.2, -0.15) is 4.31 Å². The van der Waals surface area contributed by atoms with Gasteiger partial charge in [0.25, 0.3) is 0 Å². The maximum Gasteiger partial charge on any atom is 0.243 e. The molecule has 2 saturated heterocycles. The fraction of sp³-hybridized carbons (Fsp3) is 0.387. The minimum Gasteiger partial charge on any atom is -0.381 e. The molecule has 43 heavy (non-hydrogen) atoms.